The lowest BCUT2D eigenvalue weighted by Gasteiger charge is -2.40. The van der Waals surface area contributed by atoms with Crippen molar-refractivity contribution < 1.29 is 35.9 Å². The molecule has 0 saturated carbocycles. The van der Waals surface area contributed by atoms with Gasteiger partial charge in [0.25, 0.3) is 5.91 Å². The number of ether oxygens (including phenoxy) is 1. The molecule has 2 aromatic heterocycles. The van der Waals surface area contributed by atoms with E-state index < -0.39 is 29.9 Å². The number of nitrogens with zero attached hydrogens (tertiary/aromatic N) is 4. The number of likely N-dealkylation sites (tertiary alicyclic amines) is 1. The number of aromatic nitrogens is 2. The van der Waals surface area contributed by atoms with E-state index in [2.05, 4.69) is 25.1 Å². The minimum atomic E-state index is -4.83. The molecule has 1 N–H and O–H groups in total. The molecule has 4 aromatic rings. The number of halogens is 6. The molecule has 6 rings (SSSR count). The summed E-state index contributed by atoms with van der Waals surface area (Å²) >= 11 is 0. The maximum atomic E-state index is 14.4. The molecular formula is C34H33F6N5O2. The highest BCUT2D eigenvalue weighted by atomic mass is 19.4. The standard InChI is InChI=1S/C34H33F6N5O2/c35-33(36,37)24-9-4-8-23(20-24)29-26(21-44-14-11-25(12-15-44)45-16-18-47-19-17-45)28(30-27(42-29)10-5-13-41-30)32(46)43-31(34(38,39)40)22-6-2-1-3-7-22/h1-10,13,20,25,31H,11-12,14-19,21H2,(H,43,46)/t31-/m1/s1. The smallest absolute Gasteiger partial charge is 0.379 e. The van der Waals surface area contributed by atoms with Gasteiger partial charge in [-0.05, 0) is 55.8 Å². The number of hydrogen-bond donors (Lipinski definition) is 1. The minimum Gasteiger partial charge on any atom is -0.379 e. The van der Waals surface area contributed by atoms with Crippen LogP contribution in [0.4, 0.5) is 26.3 Å². The topological polar surface area (TPSA) is 70.6 Å². The molecule has 2 aromatic carbocycles. The van der Waals surface area contributed by atoms with Gasteiger partial charge >= 0.3 is 12.4 Å². The SMILES string of the molecule is O=C(N[C@H](c1ccccc1)C(F)(F)F)c1c(CN2CCC(N3CCOCC3)CC2)c(-c2cccc(C(F)(F)F)c2)nc2cccnc12. The van der Waals surface area contributed by atoms with Crippen LogP contribution in [0.1, 0.15) is 45.9 Å². The number of carbonyl (C=O) groups is 1. The predicted octanol–water partition coefficient (Wildman–Crippen LogP) is 6.65. The second-order valence-electron chi connectivity index (χ2n) is 11.8. The summed E-state index contributed by atoms with van der Waals surface area (Å²) in [7, 11) is 0. The summed E-state index contributed by atoms with van der Waals surface area (Å²) in [5.74, 6) is -1.05. The van der Waals surface area contributed by atoms with Crippen molar-refractivity contribution in [3.05, 3.63) is 95.2 Å². The van der Waals surface area contributed by atoms with Gasteiger partial charge in [-0.25, -0.2) is 4.98 Å². The Labute approximate surface area is 267 Å². The van der Waals surface area contributed by atoms with Crippen LogP contribution in [0.15, 0.2) is 72.9 Å². The third-order valence-corrected chi connectivity index (χ3v) is 8.77. The van der Waals surface area contributed by atoms with Gasteiger partial charge in [-0.3, -0.25) is 19.6 Å². The van der Waals surface area contributed by atoms with Crippen molar-refractivity contribution in [2.24, 2.45) is 0 Å². The fraction of sp³-hybridized carbons (Fsp3) is 0.382. The van der Waals surface area contributed by atoms with Crippen molar-refractivity contribution in [3.8, 4) is 11.3 Å². The highest BCUT2D eigenvalue weighted by Crippen LogP contribution is 2.37. The summed E-state index contributed by atoms with van der Waals surface area (Å²) in [4.78, 5) is 27.6. The third-order valence-electron chi connectivity index (χ3n) is 8.77. The first-order valence-corrected chi connectivity index (χ1v) is 15.4. The number of pyridine rings is 2. The van der Waals surface area contributed by atoms with E-state index in [0.717, 1.165) is 38.1 Å². The molecule has 1 amide bonds. The van der Waals surface area contributed by atoms with Crippen molar-refractivity contribution in [1.29, 1.82) is 0 Å². The summed E-state index contributed by atoms with van der Waals surface area (Å²) < 4.78 is 90.1. The van der Waals surface area contributed by atoms with E-state index in [1.54, 1.807) is 12.1 Å². The third kappa shape index (κ3) is 7.42. The number of benzene rings is 2. The van der Waals surface area contributed by atoms with Crippen molar-refractivity contribution in [2.45, 2.75) is 43.8 Å². The molecule has 4 heterocycles. The van der Waals surface area contributed by atoms with Crippen molar-refractivity contribution in [1.82, 2.24) is 25.1 Å². The summed E-state index contributed by atoms with van der Waals surface area (Å²) in [6.45, 7) is 4.29. The molecule has 2 saturated heterocycles. The molecule has 0 bridgehead atoms. The second-order valence-corrected chi connectivity index (χ2v) is 11.8. The van der Waals surface area contributed by atoms with Crippen LogP contribution < -0.4 is 5.32 Å². The molecule has 13 heteroatoms. The van der Waals surface area contributed by atoms with Crippen LogP contribution in [-0.4, -0.2) is 77.3 Å². The number of alkyl halides is 6. The van der Waals surface area contributed by atoms with E-state index in [9.17, 15) is 31.1 Å². The fourth-order valence-corrected chi connectivity index (χ4v) is 6.42. The molecule has 2 aliphatic heterocycles. The average Bonchev–Trinajstić information content (AvgIpc) is 3.07. The normalized spacial score (nSPS) is 17.9. The Bertz CT molecular complexity index is 1700. The zero-order chi connectivity index (χ0) is 33.2. The summed E-state index contributed by atoms with van der Waals surface area (Å²) in [5.41, 5.74) is -0.600. The molecule has 2 aliphatic rings. The number of fused-ring (bicyclic) bond motifs is 1. The zero-order valence-electron chi connectivity index (χ0n) is 25.3. The zero-order valence-corrected chi connectivity index (χ0v) is 25.3. The van der Waals surface area contributed by atoms with Gasteiger partial charge in [-0.15, -0.1) is 0 Å². The van der Waals surface area contributed by atoms with Crippen molar-refractivity contribution in [2.75, 3.05) is 39.4 Å². The number of amides is 1. The first-order chi connectivity index (χ1) is 22.5. The van der Waals surface area contributed by atoms with Crippen LogP contribution in [0.5, 0.6) is 0 Å². The molecule has 0 unspecified atom stereocenters. The first-order valence-electron chi connectivity index (χ1n) is 15.4. The second kappa shape index (κ2) is 13.6. The molecule has 47 heavy (non-hydrogen) atoms. The Morgan fingerprint density at radius 2 is 1.64 bits per heavy atom. The quantitative estimate of drug-likeness (QED) is 0.225. The Hall–Kier alpha value is -4.07. The molecule has 1 atom stereocenters. The summed E-state index contributed by atoms with van der Waals surface area (Å²) in [5, 5.41) is 2.17. The highest BCUT2D eigenvalue weighted by molar-refractivity contribution is 6.07. The lowest BCUT2D eigenvalue weighted by molar-refractivity contribution is -0.155. The van der Waals surface area contributed by atoms with Crippen LogP contribution in [0.3, 0.4) is 0 Å². The van der Waals surface area contributed by atoms with E-state index in [4.69, 9.17) is 4.74 Å². The summed E-state index contributed by atoms with van der Waals surface area (Å²) in [6.07, 6.45) is -6.46. The molecule has 248 valence electrons. The van der Waals surface area contributed by atoms with Crippen LogP contribution in [-0.2, 0) is 17.5 Å². The van der Waals surface area contributed by atoms with Crippen molar-refractivity contribution in [3.63, 3.8) is 0 Å². The van der Waals surface area contributed by atoms with Crippen molar-refractivity contribution >= 4 is 16.9 Å². The summed E-state index contributed by atoms with van der Waals surface area (Å²) in [6, 6.07) is 12.7. The Morgan fingerprint density at radius 1 is 0.915 bits per heavy atom. The molecular weight excluding hydrogens is 624 g/mol. The van der Waals surface area contributed by atoms with Gasteiger partial charge < -0.3 is 10.1 Å². The number of carbonyl (C=O) groups excluding carboxylic acids is 1. The van der Waals surface area contributed by atoms with E-state index in [1.165, 1.54) is 48.7 Å². The number of piperidine rings is 1. The van der Waals surface area contributed by atoms with E-state index in [-0.39, 0.29) is 45.5 Å². The van der Waals surface area contributed by atoms with Gasteiger partial charge in [-0.1, -0.05) is 42.5 Å². The van der Waals surface area contributed by atoms with Gasteiger partial charge in [0.15, 0.2) is 6.04 Å². The van der Waals surface area contributed by atoms with Gasteiger partial charge in [0.1, 0.15) is 5.52 Å². The number of morpholine rings is 1. The highest BCUT2D eigenvalue weighted by Gasteiger charge is 2.43. The maximum Gasteiger partial charge on any atom is 0.416 e. The number of rotatable bonds is 7. The maximum absolute atomic E-state index is 14.4. The number of hydrogen-bond acceptors (Lipinski definition) is 6. The lowest BCUT2D eigenvalue weighted by atomic mass is 9.95. The predicted molar refractivity (Wildman–Crippen MR) is 163 cm³/mol. The van der Waals surface area contributed by atoms with Crippen LogP contribution >= 0.6 is 0 Å². The molecule has 2 fully saturated rings. The average molecular weight is 658 g/mol. The number of nitrogens with one attached hydrogen (secondary N) is 1. The van der Waals surface area contributed by atoms with E-state index in [1.807, 2.05) is 0 Å². The largest absolute Gasteiger partial charge is 0.416 e. The van der Waals surface area contributed by atoms with Crippen LogP contribution in [0.25, 0.3) is 22.3 Å². The molecule has 0 aliphatic carbocycles. The Balaban J connectivity index is 1.44. The van der Waals surface area contributed by atoms with E-state index >= 15 is 0 Å². The fourth-order valence-electron chi connectivity index (χ4n) is 6.42. The molecule has 0 radical (unpaired) electrons. The lowest BCUT2D eigenvalue weighted by Crippen LogP contribution is -2.48. The first kappa shape index (κ1) is 32.9. The van der Waals surface area contributed by atoms with Gasteiger partial charge in [0.05, 0.1) is 35.6 Å². The molecule has 0 spiro atoms. The van der Waals surface area contributed by atoms with Gasteiger partial charge in [-0.2, -0.15) is 26.3 Å². The van der Waals surface area contributed by atoms with Gasteiger partial charge in [0, 0.05) is 43.0 Å². The molecule has 7 nitrogen and oxygen atoms in total. The monoisotopic (exact) mass is 657 g/mol. The van der Waals surface area contributed by atoms with Crippen LogP contribution in [0.2, 0.25) is 0 Å². The van der Waals surface area contributed by atoms with E-state index in [0.29, 0.717) is 32.3 Å². The van der Waals surface area contributed by atoms with Gasteiger partial charge in [0.2, 0.25) is 0 Å². The Kier molecular flexibility index (Phi) is 9.49. The van der Waals surface area contributed by atoms with Crippen LogP contribution in [0, 0.1) is 0 Å². The Morgan fingerprint density at radius 3 is 2.32 bits per heavy atom. The minimum absolute atomic E-state index is 0.0629.